The van der Waals surface area contributed by atoms with Crippen molar-refractivity contribution in [2.45, 2.75) is 83.6 Å². The van der Waals surface area contributed by atoms with Gasteiger partial charge in [0.05, 0.1) is 17.3 Å². The fraction of sp³-hybridized carbons (Fsp3) is 1.00. The predicted molar refractivity (Wildman–Crippen MR) is 80.4 cm³/mol. The van der Waals surface area contributed by atoms with Gasteiger partial charge in [0.1, 0.15) is 0 Å². The van der Waals surface area contributed by atoms with Crippen molar-refractivity contribution in [3.63, 3.8) is 0 Å². The van der Waals surface area contributed by atoms with Crippen LogP contribution in [-0.4, -0.2) is 46.9 Å². The van der Waals surface area contributed by atoms with Crippen LogP contribution in [0.5, 0.6) is 0 Å². The van der Waals surface area contributed by atoms with E-state index in [4.69, 9.17) is 4.74 Å². The minimum atomic E-state index is -0.366. The topological polar surface area (TPSA) is 32.7 Å². The maximum atomic E-state index is 11.1. The molecule has 0 bridgehead atoms. The van der Waals surface area contributed by atoms with Crippen LogP contribution in [0.4, 0.5) is 0 Å². The summed E-state index contributed by atoms with van der Waals surface area (Å²) in [7, 11) is 4.15. The summed E-state index contributed by atoms with van der Waals surface area (Å²) in [6.45, 7) is 12.8. The van der Waals surface area contributed by atoms with Crippen LogP contribution in [0.3, 0.4) is 0 Å². The number of likely N-dealkylation sites (N-methyl/N-ethyl adjacent to an activating group) is 1. The minimum absolute atomic E-state index is 0.144. The Labute approximate surface area is 119 Å². The Balaban J connectivity index is 3.07. The van der Waals surface area contributed by atoms with Crippen LogP contribution in [0.15, 0.2) is 0 Å². The molecule has 3 nitrogen and oxygen atoms in total. The maximum absolute atomic E-state index is 11.1. The molecule has 0 amide bonds. The van der Waals surface area contributed by atoms with Gasteiger partial charge >= 0.3 is 0 Å². The average molecular weight is 271 g/mol. The molecule has 19 heavy (non-hydrogen) atoms. The molecule has 0 aliphatic carbocycles. The van der Waals surface area contributed by atoms with Gasteiger partial charge in [-0.2, -0.15) is 0 Å². The number of hydrogen-bond acceptors (Lipinski definition) is 3. The van der Waals surface area contributed by atoms with E-state index in [0.717, 1.165) is 19.3 Å². The molecule has 0 aromatic heterocycles. The van der Waals surface area contributed by atoms with Crippen LogP contribution in [0.1, 0.15) is 60.8 Å². The van der Waals surface area contributed by atoms with Gasteiger partial charge in [-0.3, -0.25) is 0 Å². The van der Waals surface area contributed by atoms with E-state index in [1.54, 1.807) is 0 Å². The molecule has 0 radical (unpaired) electrons. The first-order valence-electron chi connectivity index (χ1n) is 7.58. The lowest BCUT2D eigenvalue weighted by molar-refractivity contribution is -0.113. The third kappa shape index (κ3) is 2.98. The Morgan fingerprint density at radius 3 is 1.95 bits per heavy atom. The second-order valence-corrected chi connectivity index (χ2v) is 7.43. The van der Waals surface area contributed by atoms with Gasteiger partial charge in [-0.25, -0.2) is 0 Å². The Morgan fingerprint density at radius 2 is 1.68 bits per heavy atom. The summed E-state index contributed by atoms with van der Waals surface area (Å²) in [5.74, 6) is 0.171. The number of nitrogens with zero attached hydrogens (tertiary/aromatic N) is 1. The minimum Gasteiger partial charge on any atom is -0.391 e. The third-order valence-electron chi connectivity index (χ3n) is 5.19. The van der Waals surface area contributed by atoms with Crippen LogP contribution in [0.25, 0.3) is 0 Å². The summed E-state index contributed by atoms with van der Waals surface area (Å²) in [6.07, 6.45) is 2.45. The SMILES string of the molecule is CCC(CC)(C(O)C1CC(C)(C)OC1(C)C)N(C)C. The Hall–Kier alpha value is -0.120. The lowest BCUT2D eigenvalue weighted by Crippen LogP contribution is -2.58. The van der Waals surface area contributed by atoms with E-state index < -0.39 is 0 Å². The van der Waals surface area contributed by atoms with E-state index in [-0.39, 0.29) is 28.8 Å². The summed E-state index contributed by atoms with van der Waals surface area (Å²) in [5.41, 5.74) is -0.574. The Morgan fingerprint density at radius 1 is 1.21 bits per heavy atom. The van der Waals surface area contributed by atoms with Crippen LogP contribution in [-0.2, 0) is 4.74 Å². The molecule has 0 aromatic rings. The van der Waals surface area contributed by atoms with Gasteiger partial charge in [0.2, 0.25) is 0 Å². The predicted octanol–water partition coefficient (Wildman–Crippen LogP) is 3.06. The fourth-order valence-electron chi connectivity index (χ4n) is 4.04. The second-order valence-electron chi connectivity index (χ2n) is 7.43. The monoisotopic (exact) mass is 271 g/mol. The van der Waals surface area contributed by atoms with E-state index in [1.165, 1.54) is 0 Å². The molecule has 1 heterocycles. The first-order valence-corrected chi connectivity index (χ1v) is 7.58. The molecule has 1 fully saturated rings. The van der Waals surface area contributed by atoms with Gasteiger partial charge in [-0.05, 0) is 61.1 Å². The number of hydrogen-bond donors (Lipinski definition) is 1. The van der Waals surface area contributed by atoms with Gasteiger partial charge in [0.25, 0.3) is 0 Å². The van der Waals surface area contributed by atoms with Crippen LogP contribution in [0, 0.1) is 5.92 Å². The largest absolute Gasteiger partial charge is 0.391 e. The molecular formula is C16H33NO2. The lowest BCUT2D eigenvalue weighted by atomic mass is 9.72. The first-order chi connectivity index (χ1) is 8.52. The third-order valence-corrected chi connectivity index (χ3v) is 5.19. The van der Waals surface area contributed by atoms with Crippen molar-refractivity contribution < 1.29 is 9.84 Å². The highest BCUT2D eigenvalue weighted by molar-refractivity contribution is 5.05. The summed E-state index contributed by atoms with van der Waals surface area (Å²) in [4.78, 5) is 2.19. The van der Waals surface area contributed by atoms with E-state index >= 15 is 0 Å². The van der Waals surface area contributed by atoms with E-state index in [0.29, 0.717) is 0 Å². The highest BCUT2D eigenvalue weighted by atomic mass is 16.5. The molecule has 0 saturated carbocycles. The summed E-state index contributed by atoms with van der Waals surface area (Å²) in [5, 5.41) is 11.1. The number of aliphatic hydroxyl groups is 1. The van der Waals surface area contributed by atoms with Gasteiger partial charge < -0.3 is 14.7 Å². The normalized spacial score (nSPS) is 27.8. The lowest BCUT2D eigenvalue weighted by Gasteiger charge is -2.47. The maximum Gasteiger partial charge on any atom is 0.0779 e. The number of rotatable bonds is 5. The van der Waals surface area contributed by atoms with Crippen molar-refractivity contribution >= 4 is 0 Å². The Bertz CT molecular complexity index is 306. The molecule has 1 N–H and O–H groups in total. The summed E-state index contributed by atoms with van der Waals surface area (Å²) in [6, 6.07) is 0. The van der Waals surface area contributed by atoms with Gasteiger partial charge in [0, 0.05) is 11.5 Å². The second kappa shape index (κ2) is 5.34. The molecule has 2 unspecified atom stereocenters. The van der Waals surface area contributed by atoms with E-state index in [1.807, 2.05) is 0 Å². The zero-order chi connectivity index (χ0) is 15.1. The van der Waals surface area contributed by atoms with Crippen molar-refractivity contribution in [3.05, 3.63) is 0 Å². The molecule has 0 aromatic carbocycles. The zero-order valence-corrected chi connectivity index (χ0v) is 14.1. The molecule has 1 aliphatic heterocycles. The van der Waals surface area contributed by atoms with E-state index in [2.05, 4.69) is 60.5 Å². The molecule has 114 valence electrons. The van der Waals surface area contributed by atoms with Crippen molar-refractivity contribution in [2.24, 2.45) is 5.92 Å². The zero-order valence-electron chi connectivity index (χ0n) is 14.1. The van der Waals surface area contributed by atoms with Gasteiger partial charge in [-0.15, -0.1) is 0 Å². The molecule has 3 heteroatoms. The summed E-state index contributed by atoms with van der Waals surface area (Å²) < 4.78 is 6.16. The highest BCUT2D eigenvalue weighted by Gasteiger charge is 2.53. The van der Waals surface area contributed by atoms with Crippen LogP contribution < -0.4 is 0 Å². The van der Waals surface area contributed by atoms with Crippen LogP contribution in [0.2, 0.25) is 0 Å². The molecule has 0 spiro atoms. The molecule has 1 aliphatic rings. The van der Waals surface area contributed by atoms with Crippen molar-refractivity contribution in [1.82, 2.24) is 4.90 Å². The fourth-order valence-corrected chi connectivity index (χ4v) is 4.04. The molecule has 1 saturated heterocycles. The summed E-state index contributed by atoms with van der Waals surface area (Å²) >= 11 is 0. The smallest absolute Gasteiger partial charge is 0.0779 e. The molecular weight excluding hydrogens is 238 g/mol. The molecule has 1 rings (SSSR count). The molecule has 2 atom stereocenters. The van der Waals surface area contributed by atoms with Crippen molar-refractivity contribution in [3.8, 4) is 0 Å². The van der Waals surface area contributed by atoms with Crippen LogP contribution >= 0.6 is 0 Å². The first kappa shape index (κ1) is 16.9. The quantitative estimate of drug-likeness (QED) is 0.834. The average Bonchev–Trinajstić information content (AvgIpc) is 2.48. The van der Waals surface area contributed by atoms with Gasteiger partial charge in [0.15, 0.2) is 0 Å². The standard InChI is InChI=1S/C16H33NO2/c1-9-16(10-2,17(7)8)13(18)12-11-14(3,4)19-15(12,5)6/h12-13,18H,9-11H2,1-8H3. The Kier molecular flexibility index (Phi) is 4.76. The van der Waals surface area contributed by atoms with Gasteiger partial charge in [-0.1, -0.05) is 13.8 Å². The number of aliphatic hydroxyl groups excluding tert-OH is 1. The van der Waals surface area contributed by atoms with Crippen molar-refractivity contribution in [2.75, 3.05) is 14.1 Å². The number of ether oxygens (including phenoxy) is 1. The highest BCUT2D eigenvalue weighted by Crippen LogP contribution is 2.47. The van der Waals surface area contributed by atoms with Crippen molar-refractivity contribution in [1.29, 1.82) is 0 Å². The van der Waals surface area contributed by atoms with E-state index in [9.17, 15) is 5.11 Å².